The molecule has 0 aromatic heterocycles. The third kappa shape index (κ3) is 4.42. The number of rotatable bonds is 6. The fraction of sp³-hybridized carbons (Fsp3) is 0.136. The largest absolute Gasteiger partial charge is 0.455 e. The van der Waals surface area contributed by atoms with E-state index in [1.54, 1.807) is 0 Å². The molecular formula is C22H22N2O2. The first kappa shape index (κ1) is 17.5. The van der Waals surface area contributed by atoms with Crippen molar-refractivity contribution in [3.05, 3.63) is 83.9 Å². The Morgan fingerprint density at radius 3 is 2.35 bits per heavy atom. The Kier molecular flexibility index (Phi) is 5.54. The van der Waals surface area contributed by atoms with E-state index >= 15 is 0 Å². The average Bonchev–Trinajstić information content (AvgIpc) is 2.65. The molecule has 0 unspecified atom stereocenters. The van der Waals surface area contributed by atoms with E-state index in [-0.39, 0.29) is 12.5 Å². The van der Waals surface area contributed by atoms with E-state index in [1.807, 2.05) is 73.7 Å². The zero-order valence-corrected chi connectivity index (χ0v) is 15.0. The van der Waals surface area contributed by atoms with Gasteiger partial charge in [-0.15, -0.1) is 0 Å². The fourth-order valence-corrected chi connectivity index (χ4v) is 2.59. The summed E-state index contributed by atoms with van der Waals surface area (Å²) in [7, 11) is 0. The van der Waals surface area contributed by atoms with Gasteiger partial charge in [-0.25, -0.2) is 0 Å². The minimum atomic E-state index is -0.130. The molecule has 0 saturated carbocycles. The monoisotopic (exact) mass is 346 g/mol. The fourth-order valence-electron chi connectivity index (χ4n) is 2.59. The summed E-state index contributed by atoms with van der Waals surface area (Å²) in [5.41, 5.74) is 3.95. The Balaban J connectivity index is 1.65. The van der Waals surface area contributed by atoms with Crippen LogP contribution in [0.25, 0.3) is 0 Å². The SMILES string of the molecule is Cc1cccc(NCC(=O)Nc2ccccc2Oc2ccccc2)c1C. The van der Waals surface area contributed by atoms with Crippen molar-refractivity contribution >= 4 is 17.3 Å². The first-order valence-corrected chi connectivity index (χ1v) is 8.55. The molecule has 0 fully saturated rings. The second-order valence-electron chi connectivity index (χ2n) is 6.06. The van der Waals surface area contributed by atoms with Crippen molar-refractivity contribution in [3.8, 4) is 11.5 Å². The lowest BCUT2D eigenvalue weighted by atomic mass is 10.1. The summed E-state index contributed by atoms with van der Waals surface area (Å²) < 4.78 is 5.87. The lowest BCUT2D eigenvalue weighted by Crippen LogP contribution is -2.22. The quantitative estimate of drug-likeness (QED) is 0.649. The minimum absolute atomic E-state index is 0.130. The van der Waals surface area contributed by atoms with Crippen LogP contribution >= 0.6 is 0 Å². The van der Waals surface area contributed by atoms with Crippen LogP contribution in [0.1, 0.15) is 11.1 Å². The van der Waals surface area contributed by atoms with Gasteiger partial charge in [-0.05, 0) is 55.3 Å². The first-order chi connectivity index (χ1) is 12.6. The van der Waals surface area contributed by atoms with Crippen LogP contribution < -0.4 is 15.4 Å². The number of ether oxygens (including phenoxy) is 1. The molecular weight excluding hydrogens is 324 g/mol. The Bertz CT molecular complexity index is 892. The van der Waals surface area contributed by atoms with Crippen LogP contribution in [-0.4, -0.2) is 12.5 Å². The number of nitrogens with one attached hydrogen (secondary N) is 2. The van der Waals surface area contributed by atoms with Gasteiger partial charge in [0.05, 0.1) is 12.2 Å². The zero-order chi connectivity index (χ0) is 18.4. The Labute approximate surface area is 153 Å². The number of para-hydroxylation sites is 3. The number of hydrogen-bond acceptors (Lipinski definition) is 3. The number of carbonyl (C=O) groups excluding carboxylic acids is 1. The van der Waals surface area contributed by atoms with Gasteiger partial charge < -0.3 is 15.4 Å². The van der Waals surface area contributed by atoms with Crippen LogP contribution in [0.4, 0.5) is 11.4 Å². The van der Waals surface area contributed by atoms with Gasteiger partial charge in [-0.3, -0.25) is 4.79 Å². The molecule has 132 valence electrons. The van der Waals surface area contributed by atoms with E-state index in [2.05, 4.69) is 23.6 Å². The van der Waals surface area contributed by atoms with Gasteiger partial charge in [0.15, 0.2) is 5.75 Å². The van der Waals surface area contributed by atoms with Crippen LogP contribution in [-0.2, 0) is 4.79 Å². The topological polar surface area (TPSA) is 50.4 Å². The van der Waals surface area contributed by atoms with Crippen LogP contribution in [0.3, 0.4) is 0 Å². The smallest absolute Gasteiger partial charge is 0.243 e. The molecule has 4 heteroatoms. The van der Waals surface area contributed by atoms with Gasteiger partial charge in [0.1, 0.15) is 5.75 Å². The van der Waals surface area contributed by atoms with Crippen molar-refractivity contribution in [2.75, 3.05) is 17.2 Å². The minimum Gasteiger partial charge on any atom is -0.455 e. The summed E-state index contributed by atoms with van der Waals surface area (Å²) in [5, 5.41) is 6.10. The molecule has 0 spiro atoms. The summed E-state index contributed by atoms with van der Waals surface area (Å²) in [6, 6.07) is 22.9. The standard InChI is InChI=1S/C22H22N2O2/c1-16-9-8-13-19(17(16)2)23-15-22(25)24-20-12-6-7-14-21(20)26-18-10-4-3-5-11-18/h3-14,23H,15H2,1-2H3,(H,24,25). The lowest BCUT2D eigenvalue weighted by Gasteiger charge is -2.14. The molecule has 26 heavy (non-hydrogen) atoms. The number of hydrogen-bond donors (Lipinski definition) is 2. The number of aryl methyl sites for hydroxylation is 1. The van der Waals surface area contributed by atoms with Crippen LogP contribution in [0.2, 0.25) is 0 Å². The molecule has 0 atom stereocenters. The predicted molar refractivity (Wildman–Crippen MR) is 106 cm³/mol. The predicted octanol–water partition coefficient (Wildman–Crippen LogP) is 5.15. The average molecular weight is 346 g/mol. The van der Waals surface area contributed by atoms with Gasteiger partial charge in [-0.2, -0.15) is 0 Å². The second-order valence-corrected chi connectivity index (χ2v) is 6.06. The first-order valence-electron chi connectivity index (χ1n) is 8.55. The highest BCUT2D eigenvalue weighted by Gasteiger charge is 2.09. The molecule has 1 amide bonds. The van der Waals surface area contributed by atoms with Gasteiger partial charge in [-0.1, -0.05) is 42.5 Å². The molecule has 0 radical (unpaired) electrons. The van der Waals surface area contributed by atoms with Crippen molar-refractivity contribution in [2.24, 2.45) is 0 Å². The van der Waals surface area contributed by atoms with E-state index in [9.17, 15) is 4.79 Å². The van der Waals surface area contributed by atoms with Crippen molar-refractivity contribution in [1.82, 2.24) is 0 Å². The molecule has 0 aliphatic carbocycles. The molecule has 0 saturated heterocycles. The highest BCUT2D eigenvalue weighted by molar-refractivity contribution is 5.95. The summed E-state index contributed by atoms with van der Waals surface area (Å²) >= 11 is 0. The van der Waals surface area contributed by atoms with Gasteiger partial charge in [0, 0.05) is 5.69 Å². The van der Waals surface area contributed by atoms with E-state index < -0.39 is 0 Å². The van der Waals surface area contributed by atoms with Crippen molar-refractivity contribution in [3.63, 3.8) is 0 Å². The van der Waals surface area contributed by atoms with Gasteiger partial charge >= 0.3 is 0 Å². The third-order valence-corrected chi connectivity index (χ3v) is 4.18. The number of benzene rings is 3. The molecule has 0 bridgehead atoms. The zero-order valence-electron chi connectivity index (χ0n) is 15.0. The summed E-state index contributed by atoms with van der Waals surface area (Å²) in [6.07, 6.45) is 0. The van der Waals surface area contributed by atoms with Gasteiger partial charge in [0.2, 0.25) is 5.91 Å². The molecule has 0 aliphatic heterocycles. The maximum atomic E-state index is 12.4. The molecule has 0 aliphatic rings. The van der Waals surface area contributed by atoms with Gasteiger partial charge in [0.25, 0.3) is 0 Å². The molecule has 3 aromatic rings. The van der Waals surface area contributed by atoms with Crippen LogP contribution in [0, 0.1) is 13.8 Å². The third-order valence-electron chi connectivity index (χ3n) is 4.18. The number of carbonyl (C=O) groups is 1. The Morgan fingerprint density at radius 2 is 1.54 bits per heavy atom. The Morgan fingerprint density at radius 1 is 0.846 bits per heavy atom. The molecule has 3 aromatic carbocycles. The summed E-state index contributed by atoms with van der Waals surface area (Å²) in [4.78, 5) is 12.4. The lowest BCUT2D eigenvalue weighted by molar-refractivity contribution is -0.114. The Hall–Kier alpha value is -3.27. The maximum Gasteiger partial charge on any atom is 0.243 e. The second kappa shape index (κ2) is 8.21. The van der Waals surface area contributed by atoms with E-state index in [4.69, 9.17) is 4.74 Å². The van der Waals surface area contributed by atoms with Crippen molar-refractivity contribution < 1.29 is 9.53 Å². The van der Waals surface area contributed by atoms with E-state index in [1.165, 1.54) is 5.56 Å². The molecule has 2 N–H and O–H groups in total. The maximum absolute atomic E-state index is 12.4. The van der Waals surface area contributed by atoms with Crippen LogP contribution in [0.5, 0.6) is 11.5 Å². The number of amides is 1. The van der Waals surface area contributed by atoms with E-state index in [0.29, 0.717) is 11.4 Å². The van der Waals surface area contributed by atoms with Crippen molar-refractivity contribution in [1.29, 1.82) is 0 Å². The highest BCUT2D eigenvalue weighted by atomic mass is 16.5. The normalized spacial score (nSPS) is 10.2. The number of anilines is 2. The molecule has 0 heterocycles. The molecule has 4 nitrogen and oxygen atoms in total. The van der Waals surface area contributed by atoms with Crippen molar-refractivity contribution in [2.45, 2.75) is 13.8 Å². The van der Waals surface area contributed by atoms with E-state index in [0.717, 1.165) is 17.0 Å². The summed E-state index contributed by atoms with van der Waals surface area (Å²) in [5.74, 6) is 1.21. The molecule has 3 rings (SSSR count). The highest BCUT2D eigenvalue weighted by Crippen LogP contribution is 2.29. The van der Waals surface area contributed by atoms with Crippen LogP contribution in [0.15, 0.2) is 72.8 Å². The summed E-state index contributed by atoms with van der Waals surface area (Å²) in [6.45, 7) is 4.28.